The third kappa shape index (κ3) is 2.01. The summed E-state index contributed by atoms with van der Waals surface area (Å²) >= 11 is 0. The molecule has 0 amide bonds. The molecule has 5 nitrogen and oxygen atoms in total. The van der Waals surface area contributed by atoms with Crippen molar-refractivity contribution in [3.05, 3.63) is 11.9 Å². The number of rotatable bonds is 3. The van der Waals surface area contributed by atoms with Gasteiger partial charge in [0.25, 0.3) is 0 Å². The zero-order valence-electron chi connectivity index (χ0n) is 11.8. The smallest absolute Gasteiger partial charge is 0.161 e. The van der Waals surface area contributed by atoms with Crippen molar-refractivity contribution in [3.63, 3.8) is 0 Å². The van der Waals surface area contributed by atoms with Crippen LogP contribution in [0.3, 0.4) is 0 Å². The Labute approximate surface area is 108 Å². The largest absolute Gasteiger partial charge is 0.493 e. The van der Waals surface area contributed by atoms with E-state index < -0.39 is 0 Å². The second-order valence-corrected chi connectivity index (χ2v) is 5.23. The first-order valence-electron chi connectivity index (χ1n) is 6.44. The number of hydrogen-bond donors (Lipinski definition) is 1. The maximum absolute atomic E-state index is 6.44. The Morgan fingerprint density at radius 1 is 1.39 bits per heavy atom. The van der Waals surface area contributed by atoms with Gasteiger partial charge in [-0.25, -0.2) is 0 Å². The molecule has 1 aromatic rings. The molecule has 5 heteroatoms. The number of aryl methyl sites for hydroxylation is 1. The van der Waals surface area contributed by atoms with Crippen molar-refractivity contribution in [1.29, 1.82) is 0 Å². The fourth-order valence-electron chi connectivity index (χ4n) is 3.06. The van der Waals surface area contributed by atoms with E-state index in [9.17, 15) is 0 Å². The van der Waals surface area contributed by atoms with E-state index in [1.165, 1.54) is 0 Å². The molecule has 1 aliphatic heterocycles. The highest BCUT2D eigenvalue weighted by molar-refractivity contribution is 5.29. The van der Waals surface area contributed by atoms with Crippen LogP contribution in [0.15, 0.2) is 6.20 Å². The van der Waals surface area contributed by atoms with Gasteiger partial charge in [-0.1, -0.05) is 6.92 Å². The standard InChI is InChI=1S/C13H23N3O2/c1-7-8(2)18-9(3)11(7)12(14)13-10(17-5)6-15-16(13)4/h6-9,11-12H,14H2,1-5H3. The maximum Gasteiger partial charge on any atom is 0.161 e. The molecule has 1 aliphatic rings. The molecular formula is C13H23N3O2. The highest BCUT2D eigenvalue weighted by atomic mass is 16.5. The molecule has 5 atom stereocenters. The van der Waals surface area contributed by atoms with Crippen molar-refractivity contribution in [1.82, 2.24) is 9.78 Å². The number of methoxy groups -OCH3 is 1. The fraction of sp³-hybridized carbons (Fsp3) is 0.769. The third-order valence-corrected chi connectivity index (χ3v) is 4.22. The molecule has 1 fully saturated rings. The molecule has 0 aromatic carbocycles. The molecule has 0 spiro atoms. The normalized spacial score (nSPS) is 33.7. The second-order valence-electron chi connectivity index (χ2n) is 5.23. The van der Waals surface area contributed by atoms with Crippen molar-refractivity contribution in [2.24, 2.45) is 24.6 Å². The lowest BCUT2D eigenvalue weighted by atomic mass is 9.82. The predicted molar refractivity (Wildman–Crippen MR) is 69.4 cm³/mol. The molecule has 18 heavy (non-hydrogen) atoms. The van der Waals surface area contributed by atoms with Gasteiger partial charge in [-0.15, -0.1) is 0 Å². The van der Waals surface area contributed by atoms with E-state index in [-0.39, 0.29) is 24.2 Å². The fourth-order valence-corrected chi connectivity index (χ4v) is 3.06. The summed E-state index contributed by atoms with van der Waals surface area (Å²) < 4.78 is 13.0. The van der Waals surface area contributed by atoms with E-state index in [1.807, 2.05) is 7.05 Å². The average Bonchev–Trinajstić information content (AvgIpc) is 2.80. The van der Waals surface area contributed by atoms with Gasteiger partial charge in [-0.2, -0.15) is 5.10 Å². The minimum absolute atomic E-state index is 0.123. The van der Waals surface area contributed by atoms with Gasteiger partial charge in [0.05, 0.1) is 37.3 Å². The topological polar surface area (TPSA) is 62.3 Å². The number of nitrogens with two attached hydrogens (primary N) is 1. The third-order valence-electron chi connectivity index (χ3n) is 4.22. The molecule has 2 rings (SSSR count). The monoisotopic (exact) mass is 253 g/mol. The Morgan fingerprint density at radius 3 is 2.56 bits per heavy atom. The molecule has 0 bridgehead atoms. The molecular weight excluding hydrogens is 230 g/mol. The summed E-state index contributed by atoms with van der Waals surface area (Å²) in [5.74, 6) is 1.46. The number of nitrogens with zero attached hydrogens (tertiary/aromatic N) is 2. The van der Waals surface area contributed by atoms with Crippen molar-refractivity contribution < 1.29 is 9.47 Å². The first kappa shape index (κ1) is 13.4. The molecule has 2 heterocycles. The molecule has 102 valence electrons. The van der Waals surface area contributed by atoms with E-state index in [4.69, 9.17) is 15.2 Å². The first-order valence-corrected chi connectivity index (χ1v) is 6.44. The minimum atomic E-state index is -0.123. The maximum atomic E-state index is 6.44. The van der Waals surface area contributed by atoms with E-state index in [1.54, 1.807) is 18.0 Å². The van der Waals surface area contributed by atoms with Gasteiger partial charge >= 0.3 is 0 Å². The summed E-state index contributed by atoms with van der Waals surface area (Å²) in [5, 5.41) is 4.22. The van der Waals surface area contributed by atoms with Gasteiger partial charge in [0.15, 0.2) is 5.75 Å². The van der Waals surface area contributed by atoms with Gasteiger partial charge in [0.2, 0.25) is 0 Å². The van der Waals surface area contributed by atoms with Crippen LogP contribution in [-0.4, -0.2) is 29.1 Å². The lowest BCUT2D eigenvalue weighted by Crippen LogP contribution is -2.32. The molecule has 1 aromatic heterocycles. The van der Waals surface area contributed by atoms with Gasteiger partial charge in [-0.05, 0) is 19.8 Å². The summed E-state index contributed by atoms with van der Waals surface area (Å²) in [4.78, 5) is 0. The summed E-state index contributed by atoms with van der Waals surface area (Å²) in [7, 11) is 3.54. The van der Waals surface area contributed by atoms with Crippen LogP contribution in [-0.2, 0) is 11.8 Å². The average molecular weight is 253 g/mol. The lowest BCUT2D eigenvalue weighted by molar-refractivity contribution is 0.0486. The Hall–Kier alpha value is -1.07. The quantitative estimate of drug-likeness (QED) is 0.886. The minimum Gasteiger partial charge on any atom is -0.493 e. The highest BCUT2D eigenvalue weighted by Gasteiger charge is 2.42. The Bertz CT molecular complexity index is 418. The van der Waals surface area contributed by atoms with Crippen molar-refractivity contribution >= 4 is 0 Å². The van der Waals surface area contributed by atoms with Crippen LogP contribution in [0.2, 0.25) is 0 Å². The van der Waals surface area contributed by atoms with E-state index >= 15 is 0 Å². The number of aromatic nitrogens is 2. The molecule has 5 unspecified atom stereocenters. The van der Waals surface area contributed by atoms with Gasteiger partial charge in [-0.3, -0.25) is 4.68 Å². The van der Waals surface area contributed by atoms with Crippen LogP contribution in [0.1, 0.15) is 32.5 Å². The summed E-state index contributed by atoms with van der Waals surface area (Å²) in [5.41, 5.74) is 7.39. The Morgan fingerprint density at radius 2 is 2.06 bits per heavy atom. The van der Waals surface area contributed by atoms with E-state index in [2.05, 4.69) is 25.9 Å². The van der Waals surface area contributed by atoms with E-state index in [0.717, 1.165) is 11.4 Å². The van der Waals surface area contributed by atoms with Crippen molar-refractivity contribution in [2.45, 2.75) is 39.0 Å². The van der Waals surface area contributed by atoms with Crippen molar-refractivity contribution in [2.75, 3.05) is 7.11 Å². The van der Waals surface area contributed by atoms with E-state index in [0.29, 0.717) is 5.92 Å². The highest BCUT2D eigenvalue weighted by Crippen LogP contribution is 2.41. The summed E-state index contributed by atoms with van der Waals surface area (Å²) in [6.07, 6.45) is 2.11. The molecule has 0 aliphatic carbocycles. The van der Waals surface area contributed by atoms with Crippen LogP contribution in [0.25, 0.3) is 0 Å². The molecule has 0 saturated carbocycles. The Balaban J connectivity index is 2.30. The molecule has 2 N–H and O–H groups in total. The molecule has 1 saturated heterocycles. The zero-order valence-corrected chi connectivity index (χ0v) is 11.8. The van der Waals surface area contributed by atoms with Crippen LogP contribution in [0, 0.1) is 11.8 Å². The van der Waals surface area contributed by atoms with Crippen LogP contribution in [0.4, 0.5) is 0 Å². The second kappa shape index (κ2) is 4.90. The van der Waals surface area contributed by atoms with Crippen LogP contribution in [0.5, 0.6) is 5.75 Å². The Kier molecular flexibility index (Phi) is 3.64. The summed E-state index contributed by atoms with van der Waals surface area (Å²) in [6, 6.07) is -0.123. The summed E-state index contributed by atoms with van der Waals surface area (Å²) in [6.45, 7) is 6.39. The first-order chi connectivity index (χ1) is 8.47. The van der Waals surface area contributed by atoms with Gasteiger partial charge in [0.1, 0.15) is 0 Å². The molecule has 0 radical (unpaired) electrons. The predicted octanol–water partition coefficient (Wildman–Crippen LogP) is 1.49. The van der Waals surface area contributed by atoms with Gasteiger partial charge < -0.3 is 15.2 Å². The van der Waals surface area contributed by atoms with Crippen LogP contribution >= 0.6 is 0 Å². The van der Waals surface area contributed by atoms with Gasteiger partial charge in [0, 0.05) is 13.0 Å². The zero-order chi connectivity index (χ0) is 13.4. The van der Waals surface area contributed by atoms with Crippen LogP contribution < -0.4 is 10.5 Å². The SMILES string of the molecule is COc1cnn(C)c1C(N)C1C(C)OC(C)C1C. The van der Waals surface area contributed by atoms with Crippen molar-refractivity contribution in [3.8, 4) is 5.75 Å². The number of ether oxygens (including phenoxy) is 2. The number of hydrogen-bond acceptors (Lipinski definition) is 4. The lowest BCUT2D eigenvalue weighted by Gasteiger charge is -2.26.